The van der Waals surface area contributed by atoms with Crippen LogP contribution in [0.25, 0.3) is 10.8 Å². The van der Waals surface area contributed by atoms with Crippen molar-refractivity contribution < 1.29 is 9.18 Å². The van der Waals surface area contributed by atoms with Crippen molar-refractivity contribution in [3.05, 3.63) is 82.1 Å². The van der Waals surface area contributed by atoms with Crippen molar-refractivity contribution in [1.29, 1.82) is 0 Å². The molecule has 1 nitrogen and oxygen atoms in total. The van der Waals surface area contributed by atoms with Crippen molar-refractivity contribution in [2.75, 3.05) is 0 Å². The van der Waals surface area contributed by atoms with E-state index in [9.17, 15) is 9.18 Å². The highest BCUT2D eigenvalue weighted by atomic mass is 79.9. The maximum Gasteiger partial charge on any atom is 0.196 e. The van der Waals surface area contributed by atoms with E-state index in [4.69, 9.17) is 0 Å². The lowest BCUT2D eigenvalue weighted by atomic mass is 9.97. The van der Waals surface area contributed by atoms with Crippen molar-refractivity contribution in [3.8, 4) is 0 Å². The zero-order chi connectivity index (χ0) is 14.1. The number of carbonyl (C=O) groups is 1. The third-order valence-corrected chi connectivity index (χ3v) is 3.70. The largest absolute Gasteiger partial charge is 0.288 e. The number of fused-ring (bicyclic) bond motifs is 1. The molecular formula is C17H10BrFO. The molecule has 3 aromatic carbocycles. The molecule has 0 amide bonds. The normalized spacial score (nSPS) is 10.7. The van der Waals surface area contributed by atoms with Crippen LogP contribution < -0.4 is 0 Å². The number of ketones is 1. The number of hydrogen-bond donors (Lipinski definition) is 0. The van der Waals surface area contributed by atoms with Crippen molar-refractivity contribution in [2.45, 2.75) is 0 Å². The van der Waals surface area contributed by atoms with Gasteiger partial charge in [0.2, 0.25) is 0 Å². The van der Waals surface area contributed by atoms with Gasteiger partial charge in [-0.3, -0.25) is 4.79 Å². The van der Waals surface area contributed by atoms with E-state index in [2.05, 4.69) is 15.9 Å². The molecule has 20 heavy (non-hydrogen) atoms. The summed E-state index contributed by atoms with van der Waals surface area (Å²) in [6, 6.07) is 17.5. The van der Waals surface area contributed by atoms with Gasteiger partial charge in [0.15, 0.2) is 5.78 Å². The van der Waals surface area contributed by atoms with Crippen LogP contribution in [-0.2, 0) is 0 Å². The van der Waals surface area contributed by atoms with Crippen LogP contribution in [0.5, 0.6) is 0 Å². The van der Waals surface area contributed by atoms with Gasteiger partial charge >= 0.3 is 0 Å². The summed E-state index contributed by atoms with van der Waals surface area (Å²) in [4.78, 5) is 12.5. The summed E-state index contributed by atoms with van der Waals surface area (Å²) >= 11 is 3.19. The van der Waals surface area contributed by atoms with Crippen LogP contribution in [0.4, 0.5) is 4.39 Å². The predicted octanol–water partition coefficient (Wildman–Crippen LogP) is 4.97. The Morgan fingerprint density at radius 1 is 0.900 bits per heavy atom. The molecule has 0 N–H and O–H groups in total. The van der Waals surface area contributed by atoms with E-state index in [1.165, 1.54) is 12.1 Å². The smallest absolute Gasteiger partial charge is 0.196 e. The minimum Gasteiger partial charge on any atom is -0.288 e. The van der Waals surface area contributed by atoms with Gasteiger partial charge in [-0.1, -0.05) is 58.4 Å². The minimum atomic E-state index is -0.516. The summed E-state index contributed by atoms with van der Waals surface area (Å²) in [6.45, 7) is 0. The summed E-state index contributed by atoms with van der Waals surface area (Å²) in [5, 5.41) is 1.80. The quantitative estimate of drug-likeness (QED) is 0.607. The van der Waals surface area contributed by atoms with E-state index < -0.39 is 5.82 Å². The molecule has 3 aromatic rings. The lowest BCUT2D eigenvalue weighted by molar-refractivity contribution is 0.103. The van der Waals surface area contributed by atoms with Crippen LogP contribution in [0.1, 0.15) is 15.9 Å². The fraction of sp³-hybridized carbons (Fsp3) is 0. The number of rotatable bonds is 2. The molecule has 0 spiro atoms. The highest BCUT2D eigenvalue weighted by Crippen LogP contribution is 2.23. The van der Waals surface area contributed by atoms with Gasteiger partial charge in [-0.25, -0.2) is 4.39 Å². The van der Waals surface area contributed by atoms with Gasteiger partial charge in [-0.15, -0.1) is 0 Å². The molecule has 0 heterocycles. The van der Waals surface area contributed by atoms with Gasteiger partial charge in [0.1, 0.15) is 5.82 Å². The Morgan fingerprint density at radius 3 is 2.45 bits per heavy atom. The molecule has 0 unspecified atom stereocenters. The van der Waals surface area contributed by atoms with Gasteiger partial charge < -0.3 is 0 Å². The minimum absolute atomic E-state index is 0.0875. The highest BCUT2D eigenvalue weighted by Gasteiger charge is 2.16. The van der Waals surface area contributed by atoms with E-state index in [-0.39, 0.29) is 11.3 Å². The second-order valence-electron chi connectivity index (χ2n) is 4.48. The van der Waals surface area contributed by atoms with Gasteiger partial charge in [0.25, 0.3) is 0 Å². The first-order valence-electron chi connectivity index (χ1n) is 6.14. The third-order valence-electron chi connectivity index (χ3n) is 3.21. The number of halogens is 2. The second-order valence-corrected chi connectivity index (χ2v) is 5.40. The Morgan fingerprint density at radius 2 is 1.65 bits per heavy atom. The van der Waals surface area contributed by atoms with Crippen LogP contribution in [0, 0.1) is 5.82 Å². The van der Waals surface area contributed by atoms with E-state index >= 15 is 0 Å². The summed E-state index contributed by atoms with van der Waals surface area (Å²) in [6.07, 6.45) is 0. The fourth-order valence-corrected chi connectivity index (χ4v) is 2.58. The van der Waals surface area contributed by atoms with E-state index in [1.54, 1.807) is 12.1 Å². The SMILES string of the molecule is O=C(c1ccc(Br)cc1F)c1cccc2ccccc12. The van der Waals surface area contributed by atoms with Crippen LogP contribution in [-0.4, -0.2) is 5.78 Å². The maximum absolute atomic E-state index is 13.9. The summed E-state index contributed by atoms with van der Waals surface area (Å²) in [5.74, 6) is -0.816. The zero-order valence-corrected chi connectivity index (χ0v) is 12.0. The summed E-state index contributed by atoms with van der Waals surface area (Å²) < 4.78 is 14.6. The Bertz CT molecular complexity index is 806. The van der Waals surface area contributed by atoms with E-state index in [1.807, 2.05) is 36.4 Å². The molecule has 0 saturated carbocycles. The maximum atomic E-state index is 13.9. The Kier molecular flexibility index (Phi) is 3.36. The van der Waals surface area contributed by atoms with Crippen molar-refractivity contribution in [2.24, 2.45) is 0 Å². The van der Waals surface area contributed by atoms with Gasteiger partial charge in [-0.05, 0) is 29.0 Å². The molecule has 0 aliphatic rings. The molecule has 0 atom stereocenters. The van der Waals surface area contributed by atoms with Gasteiger partial charge in [-0.2, -0.15) is 0 Å². The van der Waals surface area contributed by atoms with Crippen LogP contribution in [0.2, 0.25) is 0 Å². The topological polar surface area (TPSA) is 17.1 Å². The number of benzene rings is 3. The molecule has 3 rings (SSSR count). The van der Waals surface area contributed by atoms with Gasteiger partial charge in [0.05, 0.1) is 5.56 Å². The first-order chi connectivity index (χ1) is 9.66. The van der Waals surface area contributed by atoms with E-state index in [0.29, 0.717) is 10.0 Å². The Balaban J connectivity index is 2.18. The highest BCUT2D eigenvalue weighted by molar-refractivity contribution is 9.10. The lowest BCUT2D eigenvalue weighted by Gasteiger charge is -2.07. The predicted molar refractivity (Wildman–Crippen MR) is 81.5 cm³/mol. The molecule has 0 radical (unpaired) electrons. The molecule has 3 heteroatoms. The molecular weight excluding hydrogens is 319 g/mol. The molecule has 98 valence electrons. The molecule has 0 aliphatic heterocycles. The molecule has 0 fully saturated rings. The van der Waals surface area contributed by atoms with Crippen LogP contribution >= 0.6 is 15.9 Å². The van der Waals surface area contributed by atoms with Crippen molar-refractivity contribution in [3.63, 3.8) is 0 Å². The van der Waals surface area contributed by atoms with Crippen molar-refractivity contribution in [1.82, 2.24) is 0 Å². The molecule has 0 bridgehead atoms. The Labute approximate surface area is 124 Å². The lowest BCUT2D eigenvalue weighted by Crippen LogP contribution is -2.05. The van der Waals surface area contributed by atoms with Crippen molar-refractivity contribution >= 4 is 32.5 Å². The molecule has 0 aromatic heterocycles. The number of carbonyl (C=O) groups excluding carboxylic acids is 1. The van der Waals surface area contributed by atoms with E-state index in [0.717, 1.165) is 10.8 Å². The summed E-state index contributed by atoms with van der Waals surface area (Å²) in [7, 11) is 0. The molecule has 0 saturated heterocycles. The van der Waals surface area contributed by atoms with Crippen LogP contribution in [0.3, 0.4) is 0 Å². The van der Waals surface area contributed by atoms with Crippen LogP contribution in [0.15, 0.2) is 65.1 Å². The number of hydrogen-bond acceptors (Lipinski definition) is 1. The zero-order valence-electron chi connectivity index (χ0n) is 10.4. The fourth-order valence-electron chi connectivity index (χ4n) is 2.24. The average Bonchev–Trinajstić information content (AvgIpc) is 2.46. The first kappa shape index (κ1) is 13.0. The average molecular weight is 329 g/mol. The first-order valence-corrected chi connectivity index (χ1v) is 6.93. The third kappa shape index (κ3) is 2.25. The monoisotopic (exact) mass is 328 g/mol. The summed E-state index contributed by atoms with van der Waals surface area (Å²) in [5.41, 5.74) is 0.605. The Hall–Kier alpha value is -2.00. The second kappa shape index (κ2) is 5.17. The van der Waals surface area contributed by atoms with Gasteiger partial charge in [0, 0.05) is 10.0 Å². The standard InChI is InChI=1S/C17H10BrFO/c18-12-8-9-15(16(19)10-12)17(20)14-7-3-5-11-4-1-2-6-13(11)14/h1-10H. The molecule has 0 aliphatic carbocycles.